The van der Waals surface area contributed by atoms with Gasteiger partial charge in [0, 0.05) is 12.2 Å². The number of aryl methyl sites for hydroxylation is 2. The number of rotatable bonds is 8. The third kappa shape index (κ3) is 6.56. The predicted molar refractivity (Wildman–Crippen MR) is 110 cm³/mol. The lowest BCUT2D eigenvalue weighted by atomic mass is 10.1. The van der Waals surface area contributed by atoms with E-state index in [1.807, 2.05) is 50.2 Å². The summed E-state index contributed by atoms with van der Waals surface area (Å²) in [6, 6.07) is 15.8. The fraction of sp³-hybridized carbons (Fsp3) is 0.333. The molecule has 0 saturated carbocycles. The first-order valence-corrected chi connectivity index (χ1v) is 9.81. The van der Waals surface area contributed by atoms with Crippen molar-refractivity contribution >= 4 is 29.3 Å². The molecule has 2 N–H and O–H groups in total. The first-order chi connectivity index (χ1) is 12.5. The van der Waals surface area contributed by atoms with Crippen LogP contribution in [-0.4, -0.2) is 29.4 Å². The molecule has 2 aromatic rings. The largest absolute Gasteiger partial charge is 0.355 e. The Balaban J connectivity index is 1.68. The van der Waals surface area contributed by atoms with Gasteiger partial charge in [-0.3, -0.25) is 9.59 Å². The number of anilines is 1. The molecular weight excluding hydrogens is 344 g/mol. The Bertz CT molecular complexity index is 744. The number of carbonyl (C=O) groups excluding carboxylic acids is 2. The third-order valence-electron chi connectivity index (χ3n) is 4.12. The summed E-state index contributed by atoms with van der Waals surface area (Å²) in [6.07, 6.45) is 0.809. The maximum Gasteiger partial charge on any atom is 0.234 e. The van der Waals surface area contributed by atoms with Gasteiger partial charge < -0.3 is 10.6 Å². The van der Waals surface area contributed by atoms with Crippen LogP contribution >= 0.6 is 11.8 Å². The summed E-state index contributed by atoms with van der Waals surface area (Å²) in [7, 11) is 0. The van der Waals surface area contributed by atoms with Gasteiger partial charge in [-0.15, -0.1) is 11.8 Å². The van der Waals surface area contributed by atoms with Crippen LogP contribution in [0.15, 0.2) is 48.5 Å². The van der Waals surface area contributed by atoms with Crippen molar-refractivity contribution in [1.29, 1.82) is 0 Å². The van der Waals surface area contributed by atoms with E-state index in [-0.39, 0.29) is 22.8 Å². The molecule has 4 nitrogen and oxygen atoms in total. The van der Waals surface area contributed by atoms with E-state index < -0.39 is 0 Å². The van der Waals surface area contributed by atoms with Crippen molar-refractivity contribution in [3.8, 4) is 0 Å². The molecule has 26 heavy (non-hydrogen) atoms. The van der Waals surface area contributed by atoms with E-state index in [0.717, 1.165) is 17.7 Å². The minimum Gasteiger partial charge on any atom is -0.355 e. The Morgan fingerprint density at radius 1 is 1.04 bits per heavy atom. The molecule has 0 spiro atoms. The van der Waals surface area contributed by atoms with Crippen molar-refractivity contribution in [2.75, 3.05) is 17.6 Å². The molecule has 138 valence electrons. The minimum atomic E-state index is -0.268. The van der Waals surface area contributed by atoms with Gasteiger partial charge in [0.1, 0.15) is 0 Å². The molecule has 0 radical (unpaired) electrons. The van der Waals surface area contributed by atoms with Gasteiger partial charge >= 0.3 is 0 Å². The highest BCUT2D eigenvalue weighted by molar-refractivity contribution is 8.01. The molecule has 0 aromatic heterocycles. The smallest absolute Gasteiger partial charge is 0.234 e. The van der Waals surface area contributed by atoms with Gasteiger partial charge in [0.15, 0.2) is 0 Å². The van der Waals surface area contributed by atoms with Crippen LogP contribution in [0, 0.1) is 13.8 Å². The van der Waals surface area contributed by atoms with Crippen molar-refractivity contribution in [1.82, 2.24) is 5.32 Å². The van der Waals surface area contributed by atoms with Gasteiger partial charge in [-0.1, -0.05) is 42.0 Å². The van der Waals surface area contributed by atoms with Crippen LogP contribution in [0.4, 0.5) is 5.69 Å². The Hall–Kier alpha value is -2.27. The van der Waals surface area contributed by atoms with E-state index in [9.17, 15) is 9.59 Å². The predicted octanol–water partition coefficient (Wildman–Crippen LogP) is 3.72. The summed E-state index contributed by atoms with van der Waals surface area (Å²) in [5, 5.41) is 5.52. The summed E-state index contributed by atoms with van der Waals surface area (Å²) in [5.74, 6) is 0.116. The van der Waals surface area contributed by atoms with Crippen LogP contribution in [0.1, 0.15) is 23.6 Å². The molecule has 2 aromatic carbocycles. The third-order valence-corrected chi connectivity index (χ3v) is 5.27. The van der Waals surface area contributed by atoms with Gasteiger partial charge in [0.2, 0.25) is 11.8 Å². The van der Waals surface area contributed by atoms with Crippen LogP contribution in [0.3, 0.4) is 0 Å². The zero-order chi connectivity index (χ0) is 18.9. The van der Waals surface area contributed by atoms with E-state index in [4.69, 9.17) is 0 Å². The Kier molecular flexibility index (Phi) is 7.73. The summed E-state index contributed by atoms with van der Waals surface area (Å²) >= 11 is 1.34. The molecule has 0 fully saturated rings. The zero-order valence-corrected chi connectivity index (χ0v) is 16.4. The monoisotopic (exact) mass is 370 g/mol. The number of nitrogens with one attached hydrogen (secondary N) is 2. The fourth-order valence-electron chi connectivity index (χ4n) is 2.47. The van der Waals surface area contributed by atoms with Crippen LogP contribution in [-0.2, 0) is 16.0 Å². The second kappa shape index (κ2) is 10.0. The van der Waals surface area contributed by atoms with E-state index >= 15 is 0 Å². The summed E-state index contributed by atoms with van der Waals surface area (Å²) in [6.45, 7) is 6.50. The quantitative estimate of drug-likeness (QED) is 0.744. The molecule has 0 aliphatic rings. The lowest BCUT2D eigenvalue weighted by Gasteiger charge is -2.13. The number of benzene rings is 2. The van der Waals surface area contributed by atoms with E-state index in [0.29, 0.717) is 6.54 Å². The van der Waals surface area contributed by atoms with Crippen molar-refractivity contribution in [2.45, 2.75) is 32.4 Å². The average Bonchev–Trinajstić information content (AvgIpc) is 2.63. The van der Waals surface area contributed by atoms with Gasteiger partial charge in [-0.2, -0.15) is 0 Å². The lowest BCUT2D eigenvalue weighted by molar-refractivity contribution is -0.120. The SMILES string of the molecule is Cc1ccc(NC(=O)CSC(C)C(=O)NCCc2ccccc2C)cc1. The van der Waals surface area contributed by atoms with Crippen LogP contribution < -0.4 is 10.6 Å². The van der Waals surface area contributed by atoms with Gasteiger partial charge in [-0.05, 0) is 50.5 Å². The molecule has 0 aliphatic heterocycles. The number of hydrogen-bond acceptors (Lipinski definition) is 3. The minimum absolute atomic E-state index is 0.0354. The number of amides is 2. The molecule has 2 rings (SSSR count). The van der Waals surface area contributed by atoms with Crippen molar-refractivity contribution < 1.29 is 9.59 Å². The second-order valence-corrected chi connectivity index (χ2v) is 7.66. The highest BCUT2D eigenvalue weighted by Crippen LogP contribution is 2.13. The standard InChI is InChI=1S/C21H26N2O2S/c1-15-8-10-19(11-9-15)23-20(24)14-26-17(3)21(25)22-13-12-18-7-5-4-6-16(18)2/h4-11,17H,12-14H2,1-3H3,(H,22,25)(H,23,24). The summed E-state index contributed by atoms with van der Waals surface area (Å²) in [5.41, 5.74) is 4.40. The Morgan fingerprint density at radius 3 is 2.42 bits per heavy atom. The van der Waals surface area contributed by atoms with E-state index in [1.165, 1.54) is 22.9 Å². The molecule has 0 heterocycles. The molecule has 1 atom stereocenters. The molecule has 2 amide bonds. The first kappa shape index (κ1) is 20.0. The molecule has 0 saturated heterocycles. The fourth-order valence-corrected chi connectivity index (χ4v) is 3.17. The van der Waals surface area contributed by atoms with E-state index in [2.05, 4.69) is 29.7 Å². The Labute approximate surface area is 159 Å². The maximum absolute atomic E-state index is 12.2. The molecule has 5 heteroatoms. The molecule has 1 unspecified atom stereocenters. The molecule has 0 bridgehead atoms. The summed E-state index contributed by atoms with van der Waals surface area (Å²) in [4.78, 5) is 24.2. The van der Waals surface area contributed by atoms with Gasteiger partial charge in [0.25, 0.3) is 0 Å². The lowest BCUT2D eigenvalue weighted by Crippen LogP contribution is -2.33. The van der Waals surface area contributed by atoms with Gasteiger partial charge in [-0.25, -0.2) is 0 Å². The molecule has 0 aliphatic carbocycles. The van der Waals surface area contributed by atoms with E-state index in [1.54, 1.807) is 0 Å². The van der Waals surface area contributed by atoms with Crippen molar-refractivity contribution in [3.63, 3.8) is 0 Å². The highest BCUT2D eigenvalue weighted by atomic mass is 32.2. The topological polar surface area (TPSA) is 58.2 Å². The maximum atomic E-state index is 12.2. The first-order valence-electron chi connectivity index (χ1n) is 8.76. The van der Waals surface area contributed by atoms with Crippen LogP contribution in [0.25, 0.3) is 0 Å². The van der Waals surface area contributed by atoms with Crippen molar-refractivity contribution in [2.24, 2.45) is 0 Å². The van der Waals surface area contributed by atoms with Gasteiger partial charge in [0.05, 0.1) is 11.0 Å². The average molecular weight is 371 g/mol. The van der Waals surface area contributed by atoms with Crippen LogP contribution in [0.5, 0.6) is 0 Å². The number of carbonyl (C=O) groups is 2. The summed E-state index contributed by atoms with van der Waals surface area (Å²) < 4.78 is 0. The number of hydrogen-bond donors (Lipinski definition) is 2. The zero-order valence-electron chi connectivity index (χ0n) is 15.5. The molecular formula is C21H26N2O2S. The second-order valence-electron chi connectivity index (χ2n) is 6.33. The normalized spacial score (nSPS) is 11.7. The Morgan fingerprint density at radius 2 is 1.73 bits per heavy atom. The van der Waals surface area contributed by atoms with Crippen molar-refractivity contribution in [3.05, 3.63) is 65.2 Å². The number of thioether (sulfide) groups is 1. The highest BCUT2D eigenvalue weighted by Gasteiger charge is 2.15. The van der Waals surface area contributed by atoms with Crippen LogP contribution in [0.2, 0.25) is 0 Å².